The van der Waals surface area contributed by atoms with Gasteiger partial charge in [-0.2, -0.15) is 0 Å². The monoisotopic (exact) mass is 376 g/mol. The van der Waals surface area contributed by atoms with Gasteiger partial charge in [0.25, 0.3) is 0 Å². The molecule has 0 aromatic heterocycles. The molecule has 0 bridgehead atoms. The highest BCUT2D eigenvalue weighted by atomic mass is 16.3. The molecule has 4 saturated carbocycles. The fraction of sp³-hybridized carbons (Fsp3) is 1.00. The first-order valence-corrected chi connectivity index (χ1v) is 12.1. The van der Waals surface area contributed by atoms with Gasteiger partial charge in [-0.25, -0.2) is 0 Å². The van der Waals surface area contributed by atoms with Crippen LogP contribution >= 0.6 is 0 Å². The minimum atomic E-state index is -0.149. The van der Waals surface area contributed by atoms with Crippen molar-refractivity contribution < 1.29 is 10.2 Å². The fourth-order valence-electron chi connectivity index (χ4n) is 9.22. The Kier molecular flexibility index (Phi) is 5.25. The molecule has 0 radical (unpaired) electrons. The lowest BCUT2D eigenvalue weighted by Gasteiger charge is -2.64. The largest absolute Gasteiger partial charge is 0.393 e. The second-order valence-electron chi connectivity index (χ2n) is 11.5. The van der Waals surface area contributed by atoms with E-state index in [0.717, 1.165) is 31.1 Å². The maximum atomic E-state index is 11.7. The summed E-state index contributed by atoms with van der Waals surface area (Å²) in [5.41, 5.74) is 0.771. The van der Waals surface area contributed by atoms with Crippen LogP contribution in [0, 0.1) is 52.3 Å². The van der Waals surface area contributed by atoms with Gasteiger partial charge in [0.1, 0.15) is 0 Å². The molecule has 0 heterocycles. The van der Waals surface area contributed by atoms with Crippen molar-refractivity contribution in [2.45, 2.75) is 105 Å². The predicted octanol–water partition coefficient (Wildman–Crippen LogP) is 5.66. The van der Waals surface area contributed by atoms with Crippen molar-refractivity contribution in [1.82, 2.24) is 0 Å². The van der Waals surface area contributed by atoms with Crippen molar-refractivity contribution in [3.63, 3.8) is 0 Å². The SMILES string of the molecule is CC[C@H]1[C@@H](O)C2C3CCC([C@H](C)CC)[C@@]3(C)CCC2[C@@]2(C)CC[C@@H](O)C[C@@H]12. The third kappa shape index (κ3) is 2.79. The summed E-state index contributed by atoms with van der Waals surface area (Å²) < 4.78 is 0. The zero-order valence-electron chi connectivity index (χ0n) is 18.5. The van der Waals surface area contributed by atoms with Crippen LogP contribution in [0.1, 0.15) is 92.4 Å². The second-order valence-corrected chi connectivity index (χ2v) is 11.5. The molecule has 4 unspecified atom stereocenters. The van der Waals surface area contributed by atoms with E-state index in [0.29, 0.717) is 40.4 Å². The normalized spacial score (nSPS) is 56.1. The highest BCUT2D eigenvalue weighted by Gasteiger charge is 2.64. The summed E-state index contributed by atoms with van der Waals surface area (Å²) in [7, 11) is 0. The van der Waals surface area contributed by atoms with E-state index in [2.05, 4.69) is 34.6 Å². The van der Waals surface area contributed by atoms with Crippen molar-refractivity contribution in [2.75, 3.05) is 0 Å². The molecule has 2 nitrogen and oxygen atoms in total. The summed E-state index contributed by atoms with van der Waals surface area (Å²) in [6.45, 7) is 12.2. The van der Waals surface area contributed by atoms with Gasteiger partial charge in [0.15, 0.2) is 0 Å². The molecule has 27 heavy (non-hydrogen) atoms. The van der Waals surface area contributed by atoms with Crippen molar-refractivity contribution >= 4 is 0 Å². The first-order valence-electron chi connectivity index (χ1n) is 12.1. The topological polar surface area (TPSA) is 40.5 Å². The first-order chi connectivity index (χ1) is 12.8. The Labute approximate surface area is 167 Å². The average Bonchev–Trinajstić information content (AvgIpc) is 3.00. The van der Waals surface area contributed by atoms with Crippen molar-refractivity contribution in [2.24, 2.45) is 52.3 Å². The lowest BCUT2D eigenvalue weighted by atomic mass is 9.41. The third-order valence-electron chi connectivity index (χ3n) is 10.8. The molecule has 2 N–H and O–H groups in total. The molecule has 156 valence electrons. The van der Waals surface area contributed by atoms with E-state index >= 15 is 0 Å². The van der Waals surface area contributed by atoms with Crippen molar-refractivity contribution in [3.05, 3.63) is 0 Å². The Morgan fingerprint density at radius 1 is 0.889 bits per heavy atom. The van der Waals surface area contributed by atoms with E-state index in [4.69, 9.17) is 0 Å². The van der Waals surface area contributed by atoms with E-state index in [9.17, 15) is 10.2 Å². The Hall–Kier alpha value is -0.0800. The van der Waals surface area contributed by atoms with Crippen molar-refractivity contribution in [3.8, 4) is 0 Å². The highest BCUT2D eigenvalue weighted by Crippen LogP contribution is 2.69. The number of hydrogen-bond donors (Lipinski definition) is 2. The first kappa shape index (κ1) is 20.2. The molecule has 4 aliphatic rings. The van der Waals surface area contributed by atoms with Gasteiger partial charge in [-0.1, -0.05) is 47.5 Å². The van der Waals surface area contributed by atoms with Gasteiger partial charge in [0.05, 0.1) is 12.2 Å². The van der Waals surface area contributed by atoms with Gasteiger partial charge in [-0.05, 0) is 97.2 Å². The molecule has 0 amide bonds. The smallest absolute Gasteiger partial charge is 0.0605 e. The second kappa shape index (κ2) is 7.01. The van der Waals surface area contributed by atoms with Crippen LogP contribution in [0.2, 0.25) is 0 Å². The Balaban J connectivity index is 1.69. The maximum absolute atomic E-state index is 11.7. The van der Waals surface area contributed by atoms with Gasteiger partial charge in [0.2, 0.25) is 0 Å². The molecule has 0 aliphatic heterocycles. The summed E-state index contributed by atoms with van der Waals surface area (Å²) in [5.74, 6) is 4.44. The van der Waals surface area contributed by atoms with Gasteiger partial charge in [0, 0.05) is 0 Å². The Bertz CT molecular complexity index is 546. The summed E-state index contributed by atoms with van der Waals surface area (Å²) in [5, 5.41) is 22.1. The molecule has 0 aromatic carbocycles. The number of aliphatic hydroxyl groups excluding tert-OH is 2. The van der Waals surface area contributed by atoms with Crippen LogP contribution in [-0.4, -0.2) is 22.4 Å². The minimum absolute atomic E-state index is 0.143. The van der Waals surface area contributed by atoms with Crippen LogP contribution in [0.25, 0.3) is 0 Å². The van der Waals surface area contributed by atoms with Crippen LogP contribution in [0.15, 0.2) is 0 Å². The number of fused-ring (bicyclic) bond motifs is 5. The van der Waals surface area contributed by atoms with Crippen LogP contribution in [0.5, 0.6) is 0 Å². The lowest BCUT2D eigenvalue weighted by Crippen LogP contribution is -2.62. The van der Waals surface area contributed by atoms with Gasteiger partial charge in [-0.3, -0.25) is 0 Å². The molecule has 0 spiro atoms. The maximum Gasteiger partial charge on any atom is 0.0605 e. The van der Waals surface area contributed by atoms with E-state index in [1.807, 2.05) is 0 Å². The summed E-state index contributed by atoms with van der Waals surface area (Å²) in [6, 6.07) is 0. The Morgan fingerprint density at radius 2 is 1.56 bits per heavy atom. The predicted molar refractivity (Wildman–Crippen MR) is 111 cm³/mol. The van der Waals surface area contributed by atoms with Crippen LogP contribution in [0.3, 0.4) is 0 Å². The summed E-state index contributed by atoms with van der Waals surface area (Å²) in [6.07, 6.45) is 10.5. The molecular formula is C25H44O2. The average molecular weight is 377 g/mol. The zero-order valence-corrected chi connectivity index (χ0v) is 18.5. The standard InChI is InChI=1S/C25H44O2/c1-6-15(3)18-8-9-19-22-20(11-13-24(18,19)4)25(5)12-10-16(26)14-21(25)17(7-2)23(22)27/h15-23,26-27H,6-14H2,1-5H3/t15-,16-,17-,18?,19?,20?,21+,22?,23-,24-,25-/m1/s1. The van der Waals surface area contributed by atoms with Crippen LogP contribution in [0.4, 0.5) is 0 Å². The third-order valence-corrected chi connectivity index (χ3v) is 10.8. The van der Waals surface area contributed by atoms with Crippen LogP contribution in [-0.2, 0) is 0 Å². The molecule has 0 aromatic rings. The van der Waals surface area contributed by atoms with Crippen LogP contribution < -0.4 is 0 Å². The lowest BCUT2D eigenvalue weighted by molar-refractivity contribution is -0.203. The highest BCUT2D eigenvalue weighted by molar-refractivity contribution is 5.13. The van der Waals surface area contributed by atoms with Gasteiger partial charge < -0.3 is 10.2 Å². The van der Waals surface area contributed by atoms with E-state index in [1.54, 1.807) is 0 Å². The molecular weight excluding hydrogens is 332 g/mol. The van der Waals surface area contributed by atoms with E-state index in [1.165, 1.54) is 38.5 Å². The zero-order chi connectivity index (χ0) is 19.6. The number of aliphatic hydroxyl groups is 2. The minimum Gasteiger partial charge on any atom is -0.393 e. The number of hydrogen-bond acceptors (Lipinski definition) is 2. The van der Waals surface area contributed by atoms with E-state index in [-0.39, 0.29) is 12.2 Å². The molecule has 4 aliphatic carbocycles. The van der Waals surface area contributed by atoms with Crippen molar-refractivity contribution in [1.29, 1.82) is 0 Å². The molecule has 4 rings (SSSR count). The fourth-order valence-corrected chi connectivity index (χ4v) is 9.22. The summed E-state index contributed by atoms with van der Waals surface area (Å²) in [4.78, 5) is 0. The Morgan fingerprint density at radius 3 is 2.22 bits per heavy atom. The van der Waals surface area contributed by atoms with Gasteiger partial charge >= 0.3 is 0 Å². The summed E-state index contributed by atoms with van der Waals surface area (Å²) >= 11 is 0. The quantitative estimate of drug-likeness (QED) is 0.667. The molecule has 2 heteroatoms. The number of rotatable bonds is 3. The molecule has 0 saturated heterocycles. The molecule has 4 fully saturated rings. The van der Waals surface area contributed by atoms with Gasteiger partial charge in [-0.15, -0.1) is 0 Å². The molecule has 11 atom stereocenters. The van der Waals surface area contributed by atoms with E-state index < -0.39 is 0 Å².